The van der Waals surface area contributed by atoms with Gasteiger partial charge in [-0.05, 0) is 36.4 Å². The summed E-state index contributed by atoms with van der Waals surface area (Å²) >= 11 is 0. The molecule has 1 heterocycles. The molecule has 128 valence electrons. The lowest BCUT2D eigenvalue weighted by Gasteiger charge is -2.12. The molecule has 3 aromatic carbocycles. The Bertz CT molecular complexity index is 1080. The number of anilines is 2. The normalized spacial score (nSPS) is 10.7. The van der Waals surface area contributed by atoms with Crippen LogP contribution >= 0.6 is 0 Å². The van der Waals surface area contributed by atoms with Gasteiger partial charge >= 0.3 is 0 Å². The van der Waals surface area contributed by atoms with Gasteiger partial charge in [-0.2, -0.15) is 0 Å². The average Bonchev–Trinajstić information content (AvgIpc) is 2.68. The third kappa shape index (κ3) is 3.07. The molecule has 1 aromatic heterocycles. The molecule has 0 spiro atoms. The SMILES string of the molecule is COc1cccc(Nc2nc(-c3ccccc3F)nc3ccccc23)c1. The molecule has 4 aromatic rings. The van der Waals surface area contributed by atoms with E-state index in [-0.39, 0.29) is 5.82 Å². The molecule has 0 fully saturated rings. The molecule has 0 aliphatic rings. The number of para-hydroxylation sites is 1. The van der Waals surface area contributed by atoms with Gasteiger partial charge in [0.05, 0.1) is 18.2 Å². The van der Waals surface area contributed by atoms with Gasteiger partial charge in [-0.3, -0.25) is 0 Å². The van der Waals surface area contributed by atoms with Crippen molar-refractivity contribution < 1.29 is 9.13 Å². The number of rotatable bonds is 4. The summed E-state index contributed by atoms with van der Waals surface area (Å²) in [5.74, 6) is 1.34. The zero-order chi connectivity index (χ0) is 17.9. The fourth-order valence-corrected chi connectivity index (χ4v) is 2.77. The molecular weight excluding hydrogens is 329 g/mol. The first-order valence-corrected chi connectivity index (χ1v) is 8.17. The molecule has 0 unspecified atom stereocenters. The highest BCUT2D eigenvalue weighted by Crippen LogP contribution is 2.29. The van der Waals surface area contributed by atoms with E-state index in [9.17, 15) is 4.39 Å². The summed E-state index contributed by atoms with van der Waals surface area (Å²) in [5.41, 5.74) is 1.94. The number of benzene rings is 3. The quantitative estimate of drug-likeness (QED) is 0.553. The number of aromatic nitrogens is 2. The topological polar surface area (TPSA) is 47.0 Å². The van der Waals surface area contributed by atoms with Crippen molar-refractivity contribution in [1.82, 2.24) is 9.97 Å². The number of hydrogen-bond acceptors (Lipinski definition) is 4. The molecule has 0 radical (unpaired) electrons. The first-order valence-electron chi connectivity index (χ1n) is 8.17. The molecule has 4 rings (SSSR count). The Morgan fingerprint density at radius 1 is 0.885 bits per heavy atom. The Kier molecular flexibility index (Phi) is 4.19. The summed E-state index contributed by atoms with van der Waals surface area (Å²) in [4.78, 5) is 9.11. The zero-order valence-corrected chi connectivity index (χ0v) is 14.1. The Morgan fingerprint density at radius 3 is 2.54 bits per heavy atom. The maximum absolute atomic E-state index is 14.2. The van der Waals surface area contributed by atoms with E-state index in [0.717, 1.165) is 22.3 Å². The van der Waals surface area contributed by atoms with Gasteiger partial charge in [-0.25, -0.2) is 14.4 Å². The number of nitrogens with zero attached hydrogens (tertiary/aromatic N) is 2. The van der Waals surface area contributed by atoms with Crippen molar-refractivity contribution in [2.75, 3.05) is 12.4 Å². The van der Waals surface area contributed by atoms with Crippen LogP contribution in [-0.4, -0.2) is 17.1 Å². The van der Waals surface area contributed by atoms with E-state index in [1.54, 1.807) is 25.3 Å². The molecule has 0 amide bonds. The molecule has 5 heteroatoms. The largest absolute Gasteiger partial charge is 0.497 e. The van der Waals surface area contributed by atoms with Crippen LogP contribution in [0.1, 0.15) is 0 Å². The van der Waals surface area contributed by atoms with E-state index in [1.807, 2.05) is 48.5 Å². The second-order valence-corrected chi connectivity index (χ2v) is 5.75. The Morgan fingerprint density at radius 2 is 1.69 bits per heavy atom. The molecule has 4 nitrogen and oxygen atoms in total. The van der Waals surface area contributed by atoms with Crippen LogP contribution < -0.4 is 10.1 Å². The van der Waals surface area contributed by atoms with E-state index >= 15 is 0 Å². The molecule has 0 aliphatic heterocycles. The molecule has 0 saturated heterocycles. The van der Waals surface area contributed by atoms with Crippen LogP contribution in [0.5, 0.6) is 5.75 Å². The Labute approximate surface area is 150 Å². The highest BCUT2D eigenvalue weighted by molar-refractivity contribution is 5.92. The summed E-state index contributed by atoms with van der Waals surface area (Å²) in [5, 5.41) is 4.15. The first kappa shape index (κ1) is 16.0. The molecule has 1 N–H and O–H groups in total. The highest BCUT2D eigenvalue weighted by atomic mass is 19.1. The van der Waals surface area contributed by atoms with E-state index in [1.165, 1.54) is 6.07 Å². The fraction of sp³-hybridized carbons (Fsp3) is 0.0476. The zero-order valence-electron chi connectivity index (χ0n) is 14.1. The van der Waals surface area contributed by atoms with Crippen LogP contribution in [0.25, 0.3) is 22.3 Å². The summed E-state index contributed by atoms with van der Waals surface area (Å²) in [6, 6.07) is 21.7. The third-order valence-electron chi connectivity index (χ3n) is 4.05. The van der Waals surface area contributed by atoms with Crippen LogP contribution in [0.3, 0.4) is 0 Å². The molecule has 0 bridgehead atoms. The van der Waals surface area contributed by atoms with E-state index in [2.05, 4.69) is 15.3 Å². The molecule has 0 saturated carbocycles. The number of nitrogens with one attached hydrogen (secondary N) is 1. The standard InChI is InChI=1S/C21H16FN3O/c1-26-15-8-6-7-14(13-15)23-21-17-10-3-5-12-19(17)24-20(25-21)16-9-2-4-11-18(16)22/h2-13H,1H3,(H,23,24,25). The van der Waals surface area contributed by atoms with Gasteiger partial charge in [0.2, 0.25) is 0 Å². The van der Waals surface area contributed by atoms with Crippen molar-refractivity contribution in [3.63, 3.8) is 0 Å². The highest BCUT2D eigenvalue weighted by Gasteiger charge is 2.12. The van der Waals surface area contributed by atoms with Crippen molar-refractivity contribution in [2.24, 2.45) is 0 Å². The molecular formula is C21H16FN3O. The van der Waals surface area contributed by atoms with Gasteiger partial charge in [0.25, 0.3) is 0 Å². The lowest BCUT2D eigenvalue weighted by atomic mass is 10.1. The third-order valence-corrected chi connectivity index (χ3v) is 4.05. The Balaban J connectivity index is 1.86. The molecule has 0 atom stereocenters. The monoisotopic (exact) mass is 345 g/mol. The van der Waals surface area contributed by atoms with Crippen molar-refractivity contribution in [1.29, 1.82) is 0 Å². The predicted molar refractivity (Wildman–Crippen MR) is 101 cm³/mol. The number of halogens is 1. The van der Waals surface area contributed by atoms with Gasteiger partial charge in [-0.1, -0.05) is 30.3 Å². The minimum Gasteiger partial charge on any atom is -0.497 e. The average molecular weight is 345 g/mol. The van der Waals surface area contributed by atoms with Crippen LogP contribution in [-0.2, 0) is 0 Å². The maximum Gasteiger partial charge on any atom is 0.165 e. The van der Waals surface area contributed by atoms with Gasteiger partial charge in [0.1, 0.15) is 17.4 Å². The summed E-state index contributed by atoms with van der Waals surface area (Å²) in [7, 11) is 1.62. The summed E-state index contributed by atoms with van der Waals surface area (Å²) in [6.45, 7) is 0. The second kappa shape index (κ2) is 6.80. The van der Waals surface area contributed by atoms with E-state index in [4.69, 9.17) is 4.74 Å². The minimum absolute atomic E-state index is 0.340. The van der Waals surface area contributed by atoms with Crippen LogP contribution in [0.15, 0.2) is 72.8 Å². The van der Waals surface area contributed by atoms with Gasteiger partial charge < -0.3 is 10.1 Å². The van der Waals surface area contributed by atoms with Crippen molar-refractivity contribution in [3.8, 4) is 17.1 Å². The van der Waals surface area contributed by atoms with Crippen molar-refractivity contribution in [2.45, 2.75) is 0 Å². The fourth-order valence-electron chi connectivity index (χ4n) is 2.77. The number of fused-ring (bicyclic) bond motifs is 1. The van der Waals surface area contributed by atoms with Gasteiger partial charge in [0, 0.05) is 17.1 Å². The molecule has 0 aliphatic carbocycles. The van der Waals surface area contributed by atoms with Crippen LogP contribution in [0, 0.1) is 5.82 Å². The summed E-state index contributed by atoms with van der Waals surface area (Å²) < 4.78 is 19.5. The number of hydrogen-bond donors (Lipinski definition) is 1. The van der Waals surface area contributed by atoms with Gasteiger partial charge in [-0.15, -0.1) is 0 Å². The lowest BCUT2D eigenvalue weighted by molar-refractivity contribution is 0.415. The number of ether oxygens (including phenoxy) is 1. The van der Waals surface area contributed by atoms with Crippen LogP contribution in [0.4, 0.5) is 15.9 Å². The lowest BCUT2D eigenvalue weighted by Crippen LogP contribution is -2.00. The van der Waals surface area contributed by atoms with Crippen molar-refractivity contribution >= 4 is 22.4 Å². The van der Waals surface area contributed by atoms with Crippen LogP contribution in [0.2, 0.25) is 0 Å². The first-order chi connectivity index (χ1) is 12.7. The van der Waals surface area contributed by atoms with E-state index in [0.29, 0.717) is 17.2 Å². The Hall–Kier alpha value is -3.47. The smallest absolute Gasteiger partial charge is 0.165 e. The number of methoxy groups -OCH3 is 1. The van der Waals surface area contributed by atoms with Crippen molar-refractivity contribution in [3.05, 3.63) is 78.6 Å². The van der Waals surface area contributed by atoms with Gasteiger partial charge in [0.15, 0.2) is 5.82 Å². The predicted octanol–water partition coefficient (Wildman–Crippen LogP) is 5.19. The van der Waals surface area contributed by atoms with E-state index < -0.39 is 0 Å². The second-order valence-electron chi connectivity index (χ2n) is 5.75. The summed E-state index contributed by atoms with van der Waals surface area (Å²) in [6.07, 6.45) is 0. The molecule has 26 heavy (non-hydrogen) atoms. The maximum atomic E-state index is 14.2. The minimum atomic E-state index is -0.352.